The van der Waals surface area contributed by atoms with E-state index in [1.165, 1.54) is 4.88 Å². The van der Waals surface area contributed by atoms with Gasteiger partial charge >= 0.3 is 0 Å². The van der Waals surface area contributed by atoms with Gasteiger partial charge in [0.2, 0.25) is 5.13 Å². The molecule has 0 radical (unpaired) electrons. The van der Waals surface area contributed by atoms with Gasteiger partial charge in [0.15, 0.2) is 11.5 Å². The predicted molar refractivity (Wildman–Crippen MR) is 98.8 cm³/mol. The van der Waals surface area contributed by atoms with Crippen molar-refractivity contribution in [3.8, 4) is 11.5 Å². The van der Waals surface area contributed by atoms with Gasteiger partial charge in [-0.15, -0.1) is 21.5 Å². The highest BCUT2D eigenvalue weighted by molar-refractivity contribution is 7.15. The molecule has 0 spiro atoms. The lowest BCUT2D eigenvalue weighted by molar-refractivity contribution is 0.354. The van der Waals surface area contributed by atoms with Gasteiger partial charge in [0.05, 0.1) is 14.2 Å². The molecule has 0 unspecified atom stereocenters. The third kappa shape index (κ3) is 4.24. The number of aromatic nitrogens is 2. The molecule has 0 amide bonds. The minimum atomic E-state index is 0.727. The fourth-order valence-corrected chi connectivity index (χ4v) is 3.82. The van der Waals surface area contributed by atoms with E-state index in [2.05, 4.69) is 33.0 Å². The summed E-state index contributed by atoms with van der Waals surface area (Å²) in [4.78, 5) is 1.37. The smallest absolute Gasteiger partial charge is 0.205 e. The van der Waals surface area contributed by atoms with Crippen LogP contribution in [0.15, 0.2) is 35.7 Å². The number of hydrogen-bond donors (Lipinski definition) is 1. The monoisotopic (exact) mass is 361 g/mol. The third-order valence-electron chi connectivity index (χ3n) is 3.50. The SMILES string of the molecule is COc1ccc(Cc2nnc(NCCc3cccs3)s2)cc1OC. The van der Waals surface area contributed by atoms with Crippen molar-refractivity contribution in [2.24, 2.45) is 0 Å². The van der Waals surface area contributed by atoms with Gasteiger partial charge < -0.3 is 14.8 Å². The van der Waals surface area contributed by atoms with Crippen molar-refractivity contribution in [2.75, 3.05) is 26.1 Å². The van der Waals surface area contributed by atoms with Gasteiger partial charge in [-0.05, 0) is 35.6 Å². The van der Waals surface area contributed by atoms with E-state index >= 15 is 0 Å². The van der Waals surface area contributed by atoms with Gasteiger partial charge in [0.1, 0.15) is 5.01 Å². The fourth-order valence-electron chi connectivity index (χ4n) is 2.31. The Kier molecular flexibility index (Phi) is 5.66. The molecule has 126 valence electrons. The fraction of sp³-hybridized carbons (Fsp3) is 0.294. The quantitative estimate of drug-likeness (QED) is 0.660. The summed E-state index contributed by atoms with van der Waals surface area (Å²) in [5.41, 5.74) is 1.12. The van der Waals surface area contributed by atoms with E-state index < -0.39 is 0 Å². The van der Waals surface area contributed by atoms with Gasteiger partial charge in [-0.2, -0.15) is 0 Å². The highest BCUT2D eigenvalue weighted by atomic mass is 32.1. The molecule has 0 aliphatic heterocycles. The summed E-state index contributed by atoms with van der Waals surface area (Å²) in [6.07, 6.45) is 1.73. The van der Waals surface area contributed by atoms with E-state index in [4.69, 9.17) is 9.47 Å². The first-order valence-electron chi connectivity index (χ1n) is 7.58. The molecule has 0 atom stereocenters. The Morgan fingerprint density at radius 2 is 1.96 bits per heavy atom. The summed E-state index contributed by atoms with van der Waals surface area (Å²) >= 11 is 3.36. The minimum Gasteiger partial charge on any atom is -0.493 e. The summed E-state index contributed by atoms with van der Waals surface area (Å²) in [7, 11) is 3.28. The molecule has 0 saturated heterocycles. The Morgan fingerprint density at radius 1 is 1.08 bits per heavy atom. The molecule has 0 aliphatic rings. The molecule has 0 fully saturated rings. The first-order chi connectivity index (χ1) is 11.8. The number of thiophene rings is 1. The Balaban J connectivity index is 1.57. The van der Waals surface area contributed by atoms with Crippen LogP contribution in [0.5, 0.6) is 11.5 Å². The zero-order valence-electron chi connectivity index (χ0n) is 13.6. The topological polar surface area (TPSA) is 56.3 Å². The van der Waals surface area contributed by atoms with Crippen molar-refractivity contribution in [1.29, 1.82) is 0 Å². The summed E-state index contributed by atoms with van der Waals surface area (Å²) in [6.45, 7) is 0.867. The van der Waals surface area contributed by atoms with Crippen LogP contribution in [0.3, 0.4) is 0 Å². The lowest BCUT2D eigenvalue weighted by Crippen LogP contribution is -2.03. The molecule has 2 aromatic heterocycles. The van der Waals surface area contributed by atoms with Crippen LogP contribution in [-0.2, 0) is 12.8 Å². The lowest BCUT2D eigenvalue weighted by Gasteiger charge is -2.08. The van der Waals surface area contributed by atoms with Crippen LogP contribution in [0, 0.1) is 0 Å². The standard InChI is InChI=1S/C17H19N3O2S2/c1-21-14-6-5-12(10-15(14)22-2)11-16-19-20-17(24-16)18-8-7-13-4-3-9-23-13/h3-6,9-10H,7-8,11H2,1-2H3,(H,18,20). The van der Waals surface area contributed by atoms with Crippen LogP contribution in [-0.4, -0.2) is 31.0 Å². The largest absolute Gasteiger partial charge is 0.493 e. The average molecular weight is 361 g/mol. The van der Waals surface area contributed by atoms with Crippen LogP contribution < -0.4 is 14.8 Å². The number of methoxy groups -OCH3 is 2. The second-order valence-corrected chi connectivity index (χ2v) is 7.22. The van der Waals surface area contributed by atoms with E-state index in [9.17, 15) is 0 Å². The number of anilines is 1. The van der Waals surface area contributed by atoms with Gasteiger partial charge in [-0.25, -0.2) is 0 Å². The number of benzene rings is 1. The molecule has 0 aliphatic carbocycles. The van der Waals surface area contributed by atoms with Gasteiger partial charge in [-0.1, -0.05) is 23.5 Å². The number of hydrogen-bond acceptors (Lipinski definition) is 7. The zero-order chi connectivity index (χ0) is 16.8. The first kappa shape index (κ1) is 16.7. The van der Waals surface area contributed by atoms with Crippen molar-refractivity contribution in [3.05, 3.63) is 51.2 Å². The number of ether oxygens (including phenoxy) is 2. The third-order valence-corrected chi connectivity index (χ3v) is 5.31. The van der Waals surface area contributed by atoms with Crippen LogP contribution >= 0.6 is 22.7 Å². The van der Waals surface area contributed by atoms with Crippen molar-refractivity contribution < 1.29 is 9.47 Å². The van der Waals surface area contributed by atoms with E-state index in [0.29, 0.717) is 0 Å². The molecular weight excluding hydrogens is 342 g/mol. The maximum absolute atomic E-state index is 5.34. The molecule has 1 N–H and O–H groups in total. The van der Waals surface area contributed by atoms with Crippen molar-refractivity contribution in [2.45, 2.75) is 12.8 Å². The second-order valence-electron chi connectivity index (χ2n) is 5.12. The molecule has 7 heteroatoms. The summed E-state index contributed by atoms with van der Waals surface area (Å²) < 4.78 is 10.6. The van der Waals surface area contributed by atoms with Gasteiger partial charge in [-0.3, -0.25) is 0 Å². The van der Waals surface area contributed by atoms with E-state index in [1.54, 1.807) is 36.9 Å². The van der Waals surface area contributed by atoms with E-state index in [0.717, 1.165) is 46.6 Å². The van der Waals surface area contributed by atoms with Crippen LogP contribution in [0.4, 0.5) is 5.13 Å². The normalized spacial score (nSPS) is 10.6. The van der Waals surface area contributed by atoms with Crippen LogP contribution in [0.2, 0.25) is 0 Å². The Hall–Kier alpha value is -2.12. The molecule has 3 aromatic rings. The number of nitrogens with one attached hydrogen (secondary N) is 1. The zero-order valence-corrected chi connectivity index (χ0v) is 15.2. The highest BCUT2D eigenvalue weighted by Crippen LogP contribution is 2.29. The lowest BCUT2D eigenvalue weighted by atomic mass is 10.1. The van der Waals surface area contributed by atoms with Crippen LogP contribution in [0.25, 0.3) is 0 Å². The van der Waals surface area contributed by atoms with Crippen molar-refractivity contribution in [1.82, 2.24) is 10.2 Å². The molecule has 5 nitrogen and oxygen atoms in total. The molecule has 3 rings (SSSR count). The maximum atomic E-state index is 5.34. The molecule has 1 aromatic carbocycles. The predicted octanol–water partition coefficient (Wildman–Crippen LogP) is 3.86. The summed E-state index contributed by atoms with van der Waals surface area (Å²) in [5, 5.41) is 15.7. The van der Waals surface area contributed by atoms with Gasteiger partial charge in [0.25, 0.3) is 0 Å². The van der Waals surface area contributed by atoms with Gasteiger partial charge in [0, 0.05) is 17.8 Å². The number of rotatable bonds is 8. The Bertz CT molecular complexity index is 772. The van der Waals surface area contributed by atoms with E-state index in [-0.39, 0.29) is 0 Å². The summed E-state index contributed by atoms with van der Waals surface area (Å²) in [6, 6.07) is 10.1. The molecule has 24 heavy (non-hydrogen) atoms. The van der Waals surface area contributed by atoms with E-state index in [1.807, 2.05) is 18.2 Å². The molecule has 0 saturated carbocycles. The minimum absolute atomic E-state index is 0.727. The molecule has 2 heterocycles. The number of nitrogens with zero attached hydrogens (tertiary/aromatic N) is 2. The Morgan fingerprint density at radius 3 is 2.71 bits per heavy atom. The molecular formula is C17H19N3O2S2. The molecule has 0 bridgehead atoms. The van der Waals surface area contributed by atoms with Crippen molar-refractivity contribution >= 4 is 27.8 Å². The second kappa shape index (κ2) is 8.12. The maximum Gasteiger partial charge on any atom is 0.205 e. The van der Waals surface area contributed by atoms with Crippen molar-refractivity contribution in [3.63, 3.8) is 0 Å². The average Bonchev–Trinajstić information content (AvgIpc) is 3.27. The highest BCUT2D eigenvalue weighted by Gasteiger charge is 2.08. The first-order valence-corrected chi connectivity index (χ1v) is 9.27. The Labute approximate surface area is 149 Å². The summed E-state index contributed by atoms with van der Waals surface area (Å²) in [5.74, 6) is 1.46. The van der Waals surface area contributed by atoms with Crippen LogP contribution in [0.1, 0.15) is 15.4 Å².